The summed E-state index contributed by atoms with van der Waals surface area (Å²) in [4.78, 5) is 12.0. The standard InChI is InChI=1S/C32H52O5SSi2/c1-12-24(14-13-15-30(33)34)27-19-29(38-23-27)22-35-28-17-16-25(20-36-39(8,9)31(2,3)4)26(18-28)21-37-40(10,11)32(5,6)7/h14,16-19,23H,12-13,15,20-22H2,1-11H3,(H,33,34)/b24-14-. The van der Waals surface area contributed by atoms with E-state index >= 15 is 0 Å². The molecule has 0 atom stereocenters. The van der Waals surface area contributed by atoms with Crippen LogP contribution >= 0.6 is 11.3 Å². The van der Waals surface area contributed by atoms with E-state index in [-0.39, 0.29) is 16.5 Å². The molecule has 224 valence electrons. The molecule has 0 radical (unpaired) electrons. The molecule has 40 heavy (non-hydrogen) atoms. The zero-order chi connectivity index (χ0) is 30.4. The molecule has 1 heterocycles. The van der Waals surface area contributed by atoms with Crippen molar-refractivity contribution in [2.75, 3.05) is 0 Å². The fraction of sp³-hybridized carbons (Fsp3) is 0.594. The topological polar surface area (TPSA) is 65.0 Å². The average Bonchev–Trinajstić information content (AvgIpc) is 3.30. The molecule has 0 saturated carbocycles. The van der Waals surface area contributed by atoms with Gasteiger partial charge in [0, 0.05) is 11.3 Å². The van der Waals surface area contributed by atoms with Gasteiger partial charge < -0.3 is 18.7 Å². The second-order valence-corrected chi connectivity index (χ2v) is 24.2. The van der Waals surface area contributed by atoms with Crippen molar-refractivity contribution in [3.05, 3.63) is 57.3 Å². The van der Waals surface area contributed by atoms with Gasteiger partial charge in [0.2, 0.25) is 0 Å². The summed E-state index contributed by atoms with van der Waals surface area (Å²) in [5.74, 6) is 0.0605. The van der Waals surface area contributed by atoms with E-state index in [9.17, 15) is 4.79 Å². The lowest BCUT2D eigenvalue weighted by Gasteiger charge is -2.37. The summed E-state index contributed by atoms with van der Waals surface area (Å²) < 4.78 is 19.5. The maximum absolute atomic E-state index is 10.9. The number of aliphatic carboxylic acids is 1. The predicted octanol–water partition coefficient (Wildman–Crippen LogP) is 10.0. The van der Waals surface area contributed by atoms with Crippen LogP contribution in [0.15, 0.2) is 35.7 Å². The molecule has 1 N–H and O–H groups in total. The van der Waals surface area contributed by atoms with Crippen LogP contribution in [-0.2, 0) is 33.5 Å². The van der Waals surface area contributed by atoms with Gasteiger partial charge in [-0.3, -0.25) is 4.79 Å². The summed E-state index contributed by atoms with van der Waals surface area (Å²) in [7, 11) is -3.82. The molecular formula is C32H52O5SSi2. The first-order chi connectivity index (χ1) is 18.4. The Morgan fingerprint density at radius 2 is 1.48 bits per heavy atom. The number of thiophene rings is 1. The van der Waals surface area contributed by atoms with E-state index in [0.29, 0.717) is 26.2 Å². The highest BCUT2D eigenvalue weighted by Gasteiger charge is 2.38. The van der Waals surface area contributed by atoms with E-state index in [1.54, 1.807) is 11.3 Å². The Morgan fingerprint density at radius 1 is 0.900 bits per heavy atom. The van der Waals surface area contributed by atoms with Crippen LogP contribution in [0.4, 0.5) is 0 Å². The van der Waals surface area contributed by atoms with Gasteiger partial charge >= 0.3 is 5.97 Å². The summed E-state index contributed by atoms with van der Waals surface area (Å²) >= 11 is 1.67. The van der Waals surface area contributed by atoms with Crippen molar-refractivity contribution in [2.45, 2.75) is 124 Å². The van der Waals surface area contributed by atoms with E-state index in [4.69, 9.17) is 18.7 Å². The maximum atomic E-state index is 10.9. The molecule has 0 aliphatic carbocycles. The van der Waals surface area contributed by atoms with Crippen molar-refractivity contribution in [3.8, 4) is 5.75 Å². The van der Waals surface area contributed by atoms with E-state index in [0.717, 1.165) is 33.7 Å². The van der Waals surface area contributed by atoms with Crippen LogP contribution in [0.5, 0.6) is 5.75 Å². The SMILES string of the molecule is CC/C(=C/CCC(=O)O)c1csc(COc2ccc(CO[Si](C)(C)C(C)(C)C)c(CO[Si](C)(C)C(C)(C)C)c2)c1. The second-order valence-electron chi connectivity index (χ2n) is 13.6. The molecule has 0 saturated heterocycles. The first kappa shape index (κ1) is 34.5. The van der Waals surface area contributed by atoms with Gasteiger partial charge in [0.25, 0.3) is 0 Å². The van der Waals surface area contributed by atoms with E-state index in [2.05, 4.69) is 98.2 Å². The van der Waals surface area contributed by atoms with Gasteiger partial charge in [0.05, 0.1) is 13.2 Å². The van der Waals surface area contributed by atoms with E-state index < -0.39 is 22.6 Å². The fourth-order valence-electron chi connectivity index (χ4n) is 3.53. The monoisotopic (exact) mass is 604 g/mol. The van der Waals surface area contributed by atoms with Crippen molar-refractivity contribution in [1.82, 2.24) is 0 Å². The Morgan fingerprint density at radius 3 is 2.00 bits per heavy atom. The number of carbonyl (C=O) groups is 1. The third-order valence-electron chi connectivity index (χ3n) is 8.50. The van der Waals surface area contributed by atoms with Crippen molar-refractivity contribution < 1.29 is 23.5 Å². The van der Waals surface area contributed by atoms with Crippen LogP contribution < -0.4 is 4.74 Å². The highest BCUT2D eigenvalue weighted by atomic mass is 32.1. The molecule has 0 bridgehead atoms. The van der Waals surface area contributed by atoms with Crippen molar-refractivity contribution in [2.24, 2.45) is 0 Å². The number of carboxylic acids is 1. The van der Waals surface area contributed by atoms with Crippen LogP contribution in [0.25, 0.3) is 5.57 Å². The Kier molecular flexibility index (Phi) is 12.0. The van der Waals surface area contributed by atoms with Gasteiger partial charge in [-0.25, -0.2) is 0 Å². The van der Waals surface area contributed by atoms with Gasteiger partial charge in [-0.05, 0) is 94.9 Å². The molecule has 0 spiro atoms. The van der Waals surface area contributed by atoms with Crippen LogP contribution in [0, 0.1) is 0 Å². The van der Waals surface area contributed by atoms with Gasteiger partial charge in [0.15, 0.2) is 16.6 Å². The Labute approximate surface area is 249 Å². The van der Waals surface area contributed by atoms with E-state index in [1.165, 1.54) is 5.57 Å². The number of carboxylic acid groups (broad SMARTS) is 1. The number of benzene rings is 1. The van der Waals surface area contributed by atoms with Gasteiger partial charge in [0.1, 0.15) is 12.4 Å². The molecule has 1 aromatic heterocycles. The third kappa shape index (κ3) is 9.98. The number of hydrogen-bond acceptors (Lipinski definition) is 5. The second kappa shape index (κ2) is 14.0. The molecule has 8 heteroatoms. The molecule has 0 unspecified atom stereocenters. The molecule has 2 rings (SSSR count). The van der Waals surface area contributed by atoms with Crippen LogP contribution in [0.3, 0.4) is 0 Å². The van der Waals surface area contributed by atoms with Crippen molar-refractivity contribution in [3.63, 3.8) is 0 Å². The maximum Gasteiger partial charge on any atom is 0.303 e. The zero-order valence-corrected chi connectivity index (χ0v) is 29.5. The Hall–Kier alpha value is -1.72. The Bertz CT molecular complexity index is 1150. The summed E-state index contributed by atoms with van der Waals surface area (Å²) in [5, 5.41) is 11.4. The lowest BCUT2D eigenvalue weighted by Crippen LogP contribution is -2.41. The molecule has 0 amide bonds. The molecule has 2 aromatic rings. The summed E-state index contributed by atoms with van der Waals surface area (Å²) in [6.07, 6.45) is 3.61. The first-order valence-corrected chi connectivity index (χ1v) is 21.1. The minimum absolute atomic E-state index is 0.134. The highest BCUT2D eigenvalue weighted by Crippen LogP contribution is 2.39. The smallest absolute Gasteiger partial charge is 0.303 e. The van der Waals surface area contributed by atoms with Crippen LogP contribution in [0.1, 0.15) is 89.3 Å². The number of rotatable bonds is 14. The third-order valence-corrected chi connectivity index (χ3v) is 18.4. The molecule has 0 fully saturated rings. The first-order valence-electron chi connectivity index (χ1n) is 14.4. The molecule has 1 aromatic carbocycles. The van der Waals surface area contributed by atoms with Gasteiger partial charge in [-0.15, -0.1) is 11.3 Å². The minimum atomic E-state index is -1.93. The van der Waals surface area contributed by atoms with Crippen LogP contribution in [0.2, 0.25) is 36.3 Å². The fourth-order valence-corrected chi connectivity index (χ4v) is 6.25. The number of ether oxygens (including phenoxy) is 1. The lowest BCUT2D eigenvalue weighted by atomic mass is 10.0. The highest BCUT2D eigenvalue weighted by molar-refractivity contribution is 7.10. The quantitative estimate of drug-likeness (QED) is 0.217. The van der Waals surface area contributed by atoms with Crippen molar-refractivity contribution >= 4 is 39.5 Å². The molecule has 5 nitrogen and oxygen atoms in total. The van der Waals surface area contributed by atoms with Gasteiger partial charge in [-0.2, -0.15) is 0 Å². The predicted molar refractivity (Wildman–Crippen MR) is 174 cm³/mol. The van der Waals surface area contributed by atoms with Gasteiger partial charge in [-0.1, -0.05) is 60.6 Å². The van der Waals surface area contributed by atoms with Crippen molar-refractivity contribution in [1.29, 1.82) is 0 Å². The molecular weight excluding hydrogens is 553 g/mol. The summed E-state index contributed by atoms with van der Waals surface area (Å²) in [6.45, 7) is 26.5. The lowest BCUT2D eigenvalue weighted by molar-refractivity contribution is -0.136. The Balaban J connectivity index is 2.21. The normalized spacial score (nSPS) is 13.5. The molecule has 0 aliphatic heterocycles. The number of allylic oxidation sites excluding steroid dienone is 2. The molecule has 0 aliphatic rings. The zero-order valence-electron chi connectivity index (χ0n) is 26.7. The average molecular weight is 605 g/mol. The van der Waals surface area contributed by atoms with Crippen LogP contribution in [-0.4, -0.2) is 27.7 Å². The summed E-state index contributed by atoms with van der Waals surface area (Å²) in [6, 6.07) is 8.45. The van der Waals surface area contributed by atoms with E-state index in [1.807, 2.05) is 12.1 Å². The largest absolute Gasteiger partial charge is 0.488 e. The minimum Gasteiger partial charge on any atom is -0.488 e. The summed E-state index contributed by atoms with van der Waals surface area (Å²) in [5.41, 5.74) is 4.62. The number of hydrogen-bond donors (Lipinski definition) is 1.